The molecule has 2 amide bonds. The van der Waals surface area contributed by atoms with Gasteiger partial charge in [-0.05, 0) is 43.7 Å². The van der Waals surface area contributed by atoms with Crippen LogP contribution < -0.4 is 0 Å². The Labute approximate surface area is 172 Å². The van der Waals surface area contributed by atoms with Gasteiger partial charge >= 0.3 is 0 Å². The molecule has 0 unspecified atom stereocenters. The highest BCUT2D eigenvalue weighted by Crippen LogP contribution is 2.20. The lowest BCUT2D eigenvalue weighted by Gasteiger charge is -2.36. The lowest BCUT2D eigenvalue weighted by Crippen LogP contribution is -2.52. The first kappa shape index (κ1) is 20.0. The van der Waals surface area contributed by atoms with Gasteiger partial charge in [0.15, 0.2) is 0 Å². The molecule has 0 radical (unpaired) electrons. The third-order valence-corrected chi connectivity index (χ3v) is 6.30. The van der Waals surface area contributed by atoms with Crippen LogP contribution in [-0.4, -0.2) is 77.3 Å². The van der Waals surface area contributed by atoms with Gasteiger partial charge in [-0.15, -0.1) is 0 Å². The predicted octanol–water partition coefficient (Wildman–Crippen LogP) is 2.65. The summed E-state index contributed by atoms with van der Waals surface area (Å²) in [4.78, 5) is 34.5. The summed E-state index contributed by atoms with van der Waals surface area (Å²) in [5.41, 5.74) is 2.44. The highest BCUT2D eigenvalue weighted by molar-refractivity contribution is 5.83. The van der Waals surface area contributed by atoms with E-state index in [4.69, 9.17) is 0 Å². The van der Waals surface area contributed by atoms with Crippen molar-refractivity contribution in [2.45, 2.75) is 38.5 Å². The van der Waals surface area contributed by atoms with E-state index in [1.54, 1.807) is 0 Å². The maximum Gasteiger partial charge on any atom is 0.236 e. The summed E-state index contributed by atoms with van der Waals surface area (Å²) >= 11 is 0. The number of amides is 2. The third-order valence-electron chi connectivity index (χ3n) is 6.30. The van der Waals surface area contributed by atoms with E-state index >= 15 is 0 Å². The van der Waals surface area contributed by atoms with Crippen LogP contribution in [0.1, 0.15) is 37.7 Å². The molecule has 6 nitrogen and oxygen atoms in total. The van der Waals surface area contributed by atoms with Gasteiger partial charge in [-0.3, -0.25) is 14.5 Å². The zero-order chi connectivity index (χ0) is 20.1. The minimum absolute atomic E-state index is 0.242. The number of hydrogen-bond donors (Lipinski definition) is 1. The monoisotopic (exact) mass is 396 g/mol. The number of nitrogens with zero attached hydrogens (tertiary/aromatic N) is 3. The Hall–Kier alpha value is -2.34. The van der Waals surface area contributed by atoms with Gasteiger partial charge in [-0.25, -0.2) is 0 Å². The van der Waals surface area contributed by atoms with Crippen molar-refractivity contribution in [2.75, 3.05) is 45.8 Å². The summed E-state index contributed by atoms with van der Waals surface area (Å²) in [6.45, 7) is 5.39. The van der Waals surface area contributed by atoms with Crippen molar-refractivity contribution in [1.82, 2.24) is 19.7 Å². The molecular weight excluding hydrogens is 364 g/mol. The van der Waals surface area contributed by atoms with E-state index < -0.39 is 0 Å². The number of fused-ring (bicyclic) bond motifs is 1. The molecule has 2 aromatic rings. The normalized spacial score (nSPS) is 18.3. The summed E-state index contributed by atoms with van der Waals surface area (Å²) < 4.78 is 0. The number of aromatic nitrogens is 1. The number of para-hydroxylation sites is 1. The molecule has 29 heavy (non-hydrogen) atoms. The fourth-order valence-electron chi connectivity index (χ4n) is 4.52. The number of aryl methyl sites for hydroxylation is 1. The van der Waals surface area contributed by atoms with Gasteiger partial charge in [0.25, 0.3) is 0 Å². The van der Waals surface area contributed by atoms with Crippen molar-refractivity contribution in [1.29, 1.82) is 0 Å². The second-order valence-corrected chi connectivity index (χ2v) is 8.31. The number of rotatable bonds is 6. The van der Waals surface area contributed by atoms with Crippen LogP contribution in [-0.2, 0) is 16.0 Å². The van der Waals surface area contributed by atoms with Crippen molar-refractivity contribution < 1.29 is 9.59 Å². The molecule has 0 atom stereocenters. The lowest BCUT2D eigenvalue weighted by molar-refractivity contribution is -0.135. The smallest absolute Gasteiger partial charge is 0.236 e. The van der Waals surface area contributed by atoms with Crippen LogP contribution in [0.4, 0.5) is 0 Å². The highest BCUT2D eigenvalue weighted by Gasteiger charge is 2.24. The van der Waals surface area contributed by atoms with Gasteiger partial charge < -0.3 is 14.8 Å². The first-order valence-corrected chi connectivity index (χ1v) is 11.0. The molecule has 2 fully saturated rings. The number of nitrogens with one attached hydrogen (secondary N) is 1. The molecule has 3 heterocycles. The summed E-state index contributed by atoms with van der Waals surface area (Å²) in [5.74, 6) is 0.495. The third kappa shape index (κ3) is 4.99. The first-order valence-electron chi connectivity index (χ1n) is 11.0. The van der Waals surface area contributed by atoms with Gasteiger partial charge in [0.2, 0.25) is 11.8 Å². The van der Waals surface area contributed by atoms with Gasteiger partial charge in [-0.2, -0.15) is 0 Å². The van der Waals surface area contributed by atoms with Gasteiger partial charge in [-0.1, -0.05) is 18.2 Å². The fraction of sp³-hybridized carbons (Fsp3) is 0.565. The standard InChI is InChI=1S/C23H32N4O2/c28-22(10-6-7-19-17-24-21-9-3-2-8-20(19)21)27-15-13-25(14-16-27)18-23(29)26-11-4-1-5-12-26/h2-3,8-9,17,24H,1,4-7,10-16,18H2. The van der Waals surface area contributed by atoms with E-state index in [1.165, 1.54) is 17.4 Å². The minimum atomic E-state index is 0.242. The number of piperidine rings is 1. The maximum atomic E-state index is 12.6. The molecule has 1 aromatic heterocycles. The van der Waals surface area contributed by atoms with Crippen molar-refractivity contribution in [3.63, 3.8) is 0 Å². The summed E-state index contributed by atoms with van der Waals surface area (Å²) in [7, 11) is 0. The van der Waals surface area contributed by atoms with E-state index in [-0.39, 0.29) is 11.8 Å². The van der Waals surface area contributed by atoms with Gasteiger partial charge in [0, 0.05) is 62.8 Å². The zero-order valence-electron chi connectivity index (χ0n) is 17.2. The molecule has 156 valence electrons. The van der Waals surface area contributed by atoms with Crippen LogP contribution in [0.2, 0.25) is 0 Å². The van der Waals surface area contributed by atoms with Gasteiger partial charge in [0.05, 0.1) is 6.54 Å². The first-order chi connectivity index (χ1) is 14.2. The Morgan fingerprint density at radius 1 is 0.862 bits per heavy atom. The molecular formula is C23H32N4O2. The van der Waals surface area contributed by atoms with Crippen molar-refractivity contribution in [2.24, 2.45) is 0 Å². The quantitative estimate of drug-likeness (QED) is 0.817. The predicted molar refractivity (Wildman–Crippen MR) is 115 cm³/mol. The second-order valence-electron chi connectivity index (χ2n) is 8.31. The number of likely N-dealkylation sites (tertiary alicyclic amines) is 1. The van der Waals surface area contributed by atoms with Crippen molar-refractivity contribution in [3.8, 4) is 0 Å². The SMILES string of the molecule is O=C(CCCc1c[nH]c2ccccc12)N1CCN(CC(=O)N2CCCCC2)CC1. The molecule has 1 N–H and O–H groups in total. The van der Waals surface area contributed by atoms with Crippen LogP contribution in [0.25, 0.3) is 10.9 Å². The van der Waals surface area contributed by atoms with Crippen LogP contribution in [0, 0.1) is 0 Å². The molecule has 2 aliphatic heterocycles. The average molecular weight is 397 g/mol. The number of carbonyl (C=O) groups excluding carboxylic acids is 2. The Bertz CT molecular complexity index is 832. The molecule has 2 aliphatic rings. The van der Waals surface area contributed by atoms with Crippen LogP contribution in [0.3, 0.4) is 0 Å². The molecule has 4 rings (SSSR count). The molecule has 6 heteroatoms. The largest absolute Gasteiger partial charge is 0.361 e. The fourth-order valence-corrected chi connectivity index (χ4v) is 4.52. The molecule has 0 aliphatic carbocycles. The molecule has 0 saturated carbocycles. The van der Waals surface area contributed by atoms with E-state index in [1.807, 2.05) is 15.9 Å². The lowest BCUT2D eigenvalue weighted by atomic mass is 10.1. The summed E-state index contributed by atoms with van der Waals surface area (Å²) in [6, 6.07) is 8.30. The minimum Gasteiger partial charge on any atom is -0.361 e. The van der Waals surface area contributed by atoms with E-state index in [2.05, 4.69) is 34.3 Å². The summed E-state index contributed by atoms with van der Waals surface area (Å²) in [5, 5.41) is 1.26. The van der Waals surface area contributed by atoms with Crippen LogP contribution in [0.15, 0.2) is 30.5 Å². The van der Waals surface area contributed by atoms with Gasteiger partial charge in [0.1, 0.15) is 0 Å². The number of hydrogen-bond acceptors (Lipinski definition) is 3. The maximum absolute atomic E-state index is 12.6. The number of aromatic amines is 1. The molecule has 1 aromatic carbocycles. The second kappa shape index (κ2) is 9.44. The van der Waals surface area contributed by atoms with Crippen molar-refractivity contribution in [3.05, 3.63) is 36.0 Å². The van der Waals surface area contributed by atoms with E-state index in [0.717, 1.165) is 70.5 Å². The Morgan fingerprint density at radius 2 is 1.59 bits per heavy atom. The number of benzene rings is 1. The average Bonchev–Trinajstić information content (AvgIpc) is 3.18. The van der Waals surface area contributed by atoms with E-state index in [9.17, 15) is 9.59 Å². The van der Waals surface area contributed by atoms with Crippen molar-refractivity contribution >= 4 is 22.7 Å². The van der Waals surface area contributed by atoms with E-state index in [0.29, 0.717) is 13.0 Å². The Balaban J connectivity index is 1.17. The molecule has 2 saturated heterocycles. The highest BCUT2D eigenvalue weighted by atomic mass is 16.2. The molecule has 0 spiro atoms. The zero-order valence-corrected chi connectivity index (χ0v) is 17.2. The number of H-pyrrole nitrogens is 1. The number of carbonyl (C=O) groups is 2. The Kier molecular flexibility index (Phi) is 6.49. The summed E-state index contributed by atoms with van der Waals surface area (Å²) in [6.07, 6.45) is 7.94. The Morgan fingerprint density at radius 3 is 2.38 bits per heavy atom. The molecule has 0 bridgehead atoms. The van der Waals surface area contributed by atoms with Crippen LogP contribution >= 0.6 is 0 Å². The number of piperazine rings is 1. The topological polar surface area (TPSA) is 59.7 Å². The van der Waals surface area contributed by atoms with Crippen LogP contribution in [0.5, 0.6) is 0 Å².